The highest BCUT2D eigenvalue weighted by Gasteiger charge is 2.13. The molecule has 0 unspecified atom stereocenters. The van der Waals surface area contributed by atoms with Crippen molar-refractivity contribution in [1.82, 2.24) is 0 Å². The Labute approximate surface area is 83.8 Å². The second-order valence-corrected chi connectivity index (χ2v) is 3.69. The van der Waals surface area contributed by atoms with E-state index >= 15 is 0 Å². The van der Waals surface area contributed by atoms with Crippen LogP contribution in [0.15, 0.2) is 16.6 Å². The van der Waals surface area contributed by atoms with Gasteiger partial charge in [-0.05, 0) is 41.9 Å². The molecule has 1 nitrogen and oxygen atoms in total. The van der Waals surface area contributed by atoms with Crippen LogP contribution in [0.5, 0.6) is 5.75 Å². The molecule has 0 heterocycles. The first-order chi connectivity index (χ1) is 6.02. The molecule has 1 aromatic rings. The van der Waals surface area contributed by atoms with Crippen molar-refractivity contribution in [1.29, 1.82) is 0 Å². The minimum Gasteiger partial charge on any atom is -0.488 e. The zero-order chi connectivity index (χ0) is 10.0. The first-order valence-electron chi connectivity index (χ1n) is 3.82. The molecule has 0 atom stereocenters. The third-order valence-electron chi connectivity index (χ3n) is 1.36. The molecule has 72 valence electrons. The molecule has 13 heavy (non-hydrogen) atoms. The fourth-order valence-electron chi connectivity index (χ4n) is 0.853. The Morgan fingerprint density at radius 2 is 1.85 bits per heavy atom. The smallest absolute Gasteiger partial charge is 0.201 e. The van der Waals surface area contributed by atoms with Gasteiger partial charge >= 0.3 is 0 Å². The van der Waals surface area contributed by atoms with Crippen molar-refractivity contribution in [3.63, 3.8) is 0 Å². The molecule has 1 aromatic carbocycles. The van der Waals surface area contributed by atoms with Gasteiger partial charge in [-0.25, -0.2) is 4.39 Å². The molecule has 0 aliphatic heterocycles. The molecule has 0 aliphatic carbocycles. The fraction of sp³-hybridized carbons (Fsp3) is 0.333. The quantitative estimate of drug-likeness (QED) is 0.731. The van der Waals surface area contributed by atoms with Crippen LogP contribution in [0.3, 0.4) is 0 Å². The van der Waals surface area contributed by atoms with Crippen molar-refractivity contribution >= 4 is 15.9 Å². The van der Waals surface area contributed by atoms with Gasteiger partial charge in [0.15, 0.2) is 11.6 Å². The number of hydrogen-bond donors (Lipinski definition) is 0. The van der Waals surface area contributed by atoms with Crippen molar-refractivity contribution in [3.8, 4) is 5.75 Å². The molecule has 0 radical (unpaired) electrons. The van der Waals surface area contributed by atoms with Crippen LogP contribution >= 0.6 is 15.9 Å². The summed E-state index contributed by atoms with van der Waals surface area (Å²) in [7, 11) is 0. The summed E-state index contributed by atoms with van der Waals surface area (Å²) in [5.74, 6) is -1.93. The molecular formula is C9H9BrF2O. The molecule has 0 saturated heterocycles. The predicted octanol–water partition coefficient (Wildman–Crippen LogP) is 3.51. The lowest BCUT2D eigenvalue weighted by atomic mass is 10.3. The van der Waals surface area contributed by atoms with Gasteiger partial charge in [0.25, 0.3) is 0 Å². The predicted molar refractivity (Wildman–Crippen MR) is 49.8 cm³/mol. The third kappa shape index (κ3) is 2.40. The highest BCUT2D eigenvalue weighted by molar-refractivity contribution is 9.10. The minimum atomic E-state index is -0.955. The molecule has 0 N–H and O–H groups in total. The van der Waals surface area contributed by atoms with Gasteiger partial charge in [-0.15, -0.1) is 0 Å². The number of ether oxygens (including phenoxy) is 1. The molecule has 0 spiro atoms. The SMILES string of the molecule is CC(C)Oc1ccc(Br)c(F)c1F. The molecule has 4 heteroatoms. The van der Waals surface area contributed by atoms with Crippen LogP contribution in [0.2, 0.25) is 0 Å². The molecule has 0 aliphatic rings. The summed E-state index contributed by atoms with van der Waals surface area (Å²) in [5.41, 5.74) is 0. The molecule has 0 saturated carbocycles. The Morgan fingerprint density at radius 3 is 2.38 bits per heavy atom. The van der Waals surface area contributed by atoms with E-state index in [0.29, 0.717) is 0 Å². The number of benzene rings is 1. The van der Waals surface area contributed by atoms with Crippen LogP contribution in [-0.4, -0.2) is 6.10 Å². The summed E-state index contributed by atoms with van der Waals surface area (Å²) < 4.78 is 31.2. The Kier molecular flexibility index (Phi) is 3.25. The van der Waals surface area contributed by atoms with E-state index in [0.717, 1.165) is 0 Å². The highest BCUT2D eigenvalue weighted by atomic mass is 79.9. The topological polar surface area (TPSA) is 9.23 Å². The lowest BCUT2D eigenvalue weighted by Crippen LogP contribution is -2.07. The molecule has 1 rings (SSSR count). The Hall–Kier alpha value is -0.640. The Bertz CT molecular complexity index is 313. The largest absolute Gasteiger partial charge is 0.488 e. The molecule has 0 bridgehead atoms. The van der Waals surface area contributed by atoms with Crippen molar-refractivity contribution in [3.05, 3.63) is 28.2 Å². The third-order valence-corrected chi connectivity index (χ3v) is 1.97. The van der Waals surface area contributed by atoms with Crippen LogP contribution in [0.25, 0.3) is 0 Å². The second kappa shape index (κ2) is 4.05. The van der Waals surface area contributed by atoms with Crippen LogP contribution in [0.1, 0.15) is 13.8 Å². The lowest BCUT2D eigenvalue weighted by molar-refractivity contribution is 0.227. The van der Waals surface area contributed by atoms with Gasteiger partial charge in [0, 0.05) is 0 Å². The van der Waals surface area contributed by atoms with Crippen molar-refractivity contribution in [2.24, 2.45) is 0 Å². The van der Waals surface area contributed by atoms with Gasteiger partial charge < -0.3 is 4.74 Å². The summed E-state index contributed by atoms with van der Waals surface area (Å²) in [6.45, 7) is 3.50. The molecule has 0 fully saturated rings. The lowest BCUT2D eigenvalue weighted by Gasteiger charge is -2.10. The van der Waals surface area contributed by atoms with Gasteiger partial charge in [-0.1, -0.05) is 0 Å². The van der Waals surface area contributed by atoms with E-state index < -0.39 is 11.6 Å². The standard InChI is InChI=1S/C9H9BrF2O/c1-5(2)13-7-4-3-6(10)8(11)9(7)12/h3-5H,1-2H3. The molecular weight excluding hydrogens is 242 g/mol. The van der Waals surface area contributed by atoms with Gasteiger partial charge in [-0.2, -0.15) is 4.39 Å². The van der Waals surface area contributed by atoms with E-state index in [4.69, 9.17) is 4.74 Å². The van der Waals surface area contributed by atoms with Gasteiger partial charge in [0.2, 0.25) is 5.82 Å². The average molecular weight is 251 g/mol. The highest BCUT2D eigenvalue weighted by Crippen LogP contribution is 2.26. The van der Waals surface area contributed by atoms with Gasteiger partial charge in [0.1, 0.15) is 0 Å². The summed E-state index contributed by atoms with van der Waals surface area (Å²) in [6.07, 6.45) is -0.171. The monoisotopic (exact) mass is 250 g/mol. The van der Waals surface area contributed by atoms with Crippen molar-refractivity contribution in [2.75, 3.05) is 0 Å². The average Bonchev–Trinajstić information content (AvgIpc) is 2.06. The maximum Gasteiger partial charge on any atom is 0.201 e. The second-order valence-electron chi connectivity index (χ2n) is 2.84. The van der Waals surface area contributed by atoms with Crippen LogP contribution < -0.4 is 4.74 Å². The fourth-order valence-corrected chi connectivity index (χ4v) is 1.16. The summed E-state index contributed by atoms with van der Waals surface area (Å²) in [6, 6.07) is 2.80. The van der Waals surface area contributed by atoms with E-state index in [-0.39, 0.29) is 16.3 Å². The van der Waals surface area contributed by atoms with E-state index in [1.165, 1.54) is 12.1 Å². The van der Waals surface area contributed by atoms with E-state index in [9.17, 15) is 8.78 Å². The zero-order valence-corrected chi connectivity index (χ0v) is 8.86. The summed E-state index contributed by atoms with van der Waals surface area (Å²) in [4.78, 5) is 0. The van der Waals surface area contributed by atoms with Crippen molar-refractivity contribution in [2.45, 2.75) is 20.0 Å². The molecule has 0 aromatic heterocycles. The Balaban J connectivity index is 3.04. The maximum atomic E-state index is 13.1. The summed E-state index contributed by atoms with van der Waals surface area (Å²) >= 11 is 2.88. The van der Waals surface area contributed by atoms with E-state index in [1.54, 1.807) is 13.8 Å². The maximum absolute atomic E-state index is 13.1. The molecule has 0 amide bonds. The number of rotatable bonds is 2. The van der Waals surface area contributed by atoms with Gasteiger partial charge in [0.05, 0.1) is 10.6 Å². The van der Waals surface area contributed by atoms with E-state index in [1.807, 2.05) is 0 Å². The van der Waals surface area contributed by atoms with Crippen LogP contribution in [-0.2, 0) is 0 Å². The van der Waals surface area contributed by atoms with Crippen molar-refractivity contribution < 1.29 is 13.5 Å². The number of hydrogen-bond acceptors (Lipinski definition) is 1. The normalized spacial score (nSPS) is 10.6. The van der Waals surface area contributed by atoms with Crippen LogP contribution in [0, 0.1) is 11.6 Å². The van der Waals surface area contributed by atoms with Gasteiger partial charge in [-0.3, -0.25) is 0 Å². The first kappa shape index (κ1) is 10.4. The Morgan fingerprint density at radius 1 is 1.23 bits per heavy atom. The summed E-state index contributed by atoms with van der Waals surface area (Å²) in [5, 5.41) is 0. The van der Waals surface area contributed by atoms with E-state index in [2.05, 4.69) is 15.9 Å². The first-order valence-corrected chi connectivity index (χ1v) is 4.62. The van der Waals surface area contributed by atoms with Crippen LogP contribution in [0.4, 0.5) is 8.78 Å². The zero-order valence-electron chi connectivity index (χ0n) is 7.27. The number of halogens is 3. The minimum absolute atomic E-state index is 0.0595.